The number of carbonyl (C=O) groups is 1. The van der Waals surface area contributed by atoms with Crippen LogP contribution < -0.4 is 10.6 Å². The molecule has 0 radical (unpaired) electrons. The Morgan fingerprint density at radius 1 is 1.45 bits per heavy atom. The lowest BCUT2D eigenvalue weighted by atomic mass is 10.2. The third kappa shape index (κ3) is 5.29. The third-order valence-electron chi connectivity index (χ3n) is 3.45. The van der Waals surface area contributed by atoms with E-state index in [1.54, 1.807) is 0 Å². The predicted octanol–water partition coefficient (Wildman–Crippen LogP) is 1.67. The Labute approximate surface area is 131 Å². The van der Waals surface area contributed by atoms with E-state index in [-0.39, 0.29) is 18.3 Å². The van der Waals surface area contributed by atoms with E-state index >= 15 is 0 Å². The minimum absolute atomic E-state index is 0. The fourth-order valence-electron chi connectivity index (χ4n) is 2.23. The summed E-state index contributed by atoms with van der Waals surface area (Å²) in [6, 6.07) is 7.99. The van der Waals surface area contributed by atoms with E-state index in [1.165, 1.54) is 0 Å². The minimum atomic E-state index is 0. The normalized spacial score (nSPS) is 17.9. The lowest BCUT2D eigenvalue weighted by molar-refractivity contribution is -0.122. The third-order valence-corrected chi connectivity index (χ3v) is 3.71. The molecule has 1 aromatic rings. The number of nitrogens with zero attached hydrogens (tertiary/aromatic N) is 1. The first-order chi connectivity index (χ1) is 9.15. The molecule has 0 aromatic heterocycles. The van der Waals surface area contributed by atoms with Gasteiger partial charge in [0.15, 0.2) is 0 Å². The van der Waals surface area contributed by atoms with Crippen molar-refractivity contribution in [3.63, 3.8) is 0 Å². The predicted molar refractivity (Wildman–Crippen MR) is 84.5 cm³/mol. The van der Waals surface area contributed by atoms with Crippen molar-refractivity contribution in [1.82, 2.24) is 15.5 Å². The number of hydrogen-bond donors (Lipinski definition) is 2. The van der Waals surface area contributed by atoms with Crippen LogP contribution >= 0.6 is 24.0 Å². The molecule has 4 nitrogen and oxygen atoms in total. The highest BCUT2D eigenvalue weighted by molar-refractivity contribution is 6.30. The quantitative estimate of drug-likeness (QED) is 0.868. The van der Waals surface area contributed by atoms with Gasteiger partial charge in [-0.1, -0.05) is 23.7 Å². The molecule has 1 aliphatic rings. The molecule has 1 heterocycles. The van der Waals surface area contributed by atoms with E-state index < -0.39 is 0 Å². The van der Waals surface area contributed by atoms with E-state index in [2.05, 4.69) is 15.5 Å². The summed E-state index contributed by atoms with van der Waals surface area (Å²) >= 11 is 5.82. The number of rotatable bonds is 5. The highest BCUT2D eigenvalue weighted by Crippen LogP contribution is 2.09. The number of benzene rings is 1. The molecule has 1 atom stereocenters. The van der Waals surface area contributed by atoms with Crippen molar-refractivity contribution in [2.75, 3.05) is 26.7 Å². The van der Waals surface area contributed by atoms with Crippen molar-refractivity contribution < 1.29 is 4.79 Å². The maximum Gasteiger partial charge on any atom is 0.234 e. The lowest BCUT2D eigenvalue weighted by Crippen LogP contribution is -2.41. The topological polar surface area (TPSA) is 44.4 Å². The Morgan fingerprint density at radius 3 is 2.75 bits per heavy atom. The van der Waals surface area contributed by atoms with Crippen LogP contribution in [0.1, 0.15) is 12.0 Å². The van der Waals surface area contributed by atoms with Crippen LogP contribution in [0.3, 0.4) is 0 Å². The van der Waals surface area contributed by atoms with Gasteiger partial charge in [-0.3, -0.25) is 9.69 Å². The lowest BCUT2D eigenvalue weighted by Gasteiger charge is -2.22. The zero-order chi connectivity index (χ0) is 13.7. The van der Waals surface area contributed by atoms with E-state index in [0.29, 0.717) is 24.2 Å². The van der Waals surface area contributed by atoms with E-state index in [9.17, 15) is 4.79 Å². The van der Waals surface area contributed by atoms with Crippen LogP contribution in [-0.4, -0.2) is 43.5 Å². The van der Waals surface area contributed by atoms with Gasteiger partial charge in [-0.15, -0.1) is 12.4 Å². The molecule has 0 bridgehead atoms. The second kappa shape index (κ2) is 8.47. The van der Waals surface area contributed by atoms with Crippen molar-refractivity contribution in [3.8, 4) is 0 Å². The fourth-order valence-corrected chi connectivity index (χ4v) is 2.36. The van der Waals surface area contributed by atoms with Gasteiger partial charge in [-0.2, -0.15) is 0 Å². The van der Waals surface area contributed by atoms with Crippen LogP contribution in [0.4, 0.5) is 0 Å². The molecule has 1 aromatic carbocycles. The van der Waals surface area contributed by atoms with Crippen molar-refractivity contribution in [1.29, 1.82) is 0 Å². The van der Waals surface area contributed by atoms with Gasteiger partial charge in [0.1, 0.15) is 0 Å². The molecule has 0 saturated carbocycles. The van der Waals surface area contributed by atoms with E-state index in [4.69, 9.17) is 11.6 Å². The van der Waals surface area contributed by atoms with Crippen LogP contribution in [0.25, 0.3) is 0 Å². The molecule has 2 N–H and O–H groups in total. The SMILES string of the molecule is CN(CC(=O)NCc1ccc(Cl)cc1)C1CCNC1.Cl. The second-order valence-electron chi connectivity index (χ2n) is 4.96. The minimum Gasteiger partial charge on any atom is -0.351 e. The molecular weight excluding hydrogens is 297 g/mol. The van der Waals surface area contributed by atoms with E-state index in [1.807, 2.05) is 31.3 Å². The highest BCUT2D eigenvalue weighted by atomic mass is 35.5. The van der Waals surface area contributed by atoms with Gasteiger partial charge >= 0.3 is 0 Å². The summed E-state index contributed by atoms with van der Waals surface area (Å²) in [6.07, 6.45) is 1.11. The highest BCUT2D eigenvalue weighted by Gasteiger charge is 2.20. The van der Waals surface area contributed by atoms with Crippen molar-refractivity contribution in [2.24, 2.45) is 0 Å². The maximum absolute atomic E-state index is 11.9. The molecule has 1 amide bonds. The average Bonchev–Trinajstić information content (AvgIpc) is 2.92. The monoisotopic (exact) mass is 317 g/mol. The first-order valence-electron chi connectivity index (χ1n) is 6.57. The second-order valence-corrected chi connectivity index (χ2v) is 5.40. The maximum atomic E-state index is 11.9. The first kappa shape index (κ1) is 17.2. The van der Waals surface area contributed by atoms with Gasteiger partial charge in [0.05, 0.1) is 6.54 Å². The van der Waals surface area contributed by atoms with Crippen LogP contribution in [0, 0.1) is 0 Å². The van der Waals surface area contributed by atoms with E-state index in [0.717, 1.165) is 25.1 Å². The van der Waals surface area contributed by atoms with Gasteiger partial charge in [-0.25, -0.2) is 0 Å². The summed E-state index contributed by atoms with van der Waals surface area (Å²) in [5.41, 5.74) is 1.06. The average molecular weight is 318 g/mol. The molecule has 20 heavy (non-hydrogen) atoms. The molecule has 2 rings (SSSR count). The van der Waals surface area contributed by atoms with Gasteiger partial charge in [-0.05, 0) is 37.7 Å². The van der Waals surface area contributed by atoms with Crippen molar-refractivity contribution in [3.05, 3.63) is 34.9 Å². The first-order valence-corrected chi connectivity index (χ1v) is 6.95. The molecule has 1 fully saturated rings. The van der Waals surface area contributed by atoms with Gasteiger partial charge in [0.2, 0.25) is 5.91 Å². The summed E-state index contributed by atoms with van der Waals surface area (Å²) in [4.78, 5) is 14.0. The number of hydrogen-bond acceptors (Lipinski definition) is 3. The number of halogens is 2. The Kier molecular flexibility index (Phi) is 7.30. The Balaban J connectivity index is 0.00000200. The van der Waals surface area contributed by atoms with Crippen LogP contribution in [0.2, 0.25) is 5.02 Å². The smallest absolute Gasteiger partial charge is 0.234 e. The van der Waals surface area contributed by atoms with Crippen LogP contribution in [0.15, 0.2) is 24.3 Å². The summed E-state index contributed by atoms with van der Waals surface area (Å²) in [6.45, 7) is 3.01. The largest absolute Gasteiger partial charge is 0.351 e. The van der Waals surface area contributed by atoms with Crippen molar-refractivity contribution in [2.45, 2.75) is 19.0 Å². The molecule has 1 unspecified atom stereocenters. The summed E-state index contributed by atoms with van der Waals surface area (Å²) < 4.78 is 0. The molecule has 112 valence electrons. The number of amides is 1. The van der Waals surface area contributed by atoms with Gasteiger partial charge < -0.3 is 10.6 Å². The molecule has 0 aliphatic carbocycles. The molecule has 1 aliphatic heterocycles. The molecule has 1 saturated heterocycles. The van der Waals surface area contributed by atoms with Gasteiger partial charge in [0, 0.05) is 24.2 Å². The number of nitrogens with one attached hydrogen (secondary N) is 2. The Morgan fingerprint density at radius 2 is 2.15 bits per heavy atom. The summed E-state index contributed by atoms with van der Waals surface area (Å²) in [5.74, 6) is 0.0596. The summed E-state index contributed by atoms with van der Waals surface area (Å²) in [7, 11) is 2.00. The molecule has 6 heteroatoms. The molecular formula is C14H21Cl2N3O. The fraction of sp³-hybridized carbons (Fsp3) is 0.500. The number of carbonyl (C=O) groups excluding carboxylic acids is 1. The zero-order valence-corrected chi connectivity index (χ0v) is 13.1. The van der Waals surface area contributed by atoms with Gasteiger partial charge in [0.25, 0.3) is 0 Å². The van der Waals surface area contributed by atoms with Crippen molar-refractivity contribution >= 4 is 29.9 Å². The standard InChI is InChI=1S/C14H20ClN3O.ClH/c1-18(13-6-7-16-9-13)10-14(19)17-8-11-2-4-12(15)5-3-11;/h2-5,13,16H,6-10H2,1H3,(H,17,19);1H. The molecule has 0 spiro atoms. The Bertz CT molecular complexity index is 419. The van der Waals surface area contributed by atoms with Crippen LogP contribution in [0.5, 0.6) is 0 Å². The summed E-state index contributed by atoms with van der Waals surface area (Å²) in [5, 5.41) is 6.94. The Hall–Kier alpha value is -0.810. The zero-order valence-electron chi connectivity index (χ0n) is 11.6. The number of likely N-dealkylation sites (N-methyl/N-ethyl adjacent to an activating group) is 1. The van der Waals surface area contributed by atoms with Crippen LogP contribution in [-0.2, 0) is 11.3 Å².